The fourth-order valence-corrected chi connectivity index (χ4v) is 5.01. The molecule has 4 heteroatoms. The van der Waals surface area contributed by atoms with Crippen molar-refractivity contribution in [3.8, 4) is 0 Å². The summed E-state index contributed by atoms with van der Waals surface area (Å²) in [6.45, 7) is 11.4. The Morgan fingerprint density at radius 2 is 1.60 bits per heavy atom. The van der Waals surface area contributed by atoms with Gasteiger partial charge < -0.3 is 10.2 Å². The van der Waals surface area contributed by atoms with Crippen LogP contribution in [0.1, 0.15) is 73.6 Å². The molecule has 0 aromatic carbocycles. The highest BCUT2D eigenvalue weighted by Gasteiger charge is 2.64. The molecular weight excluding hydrogens is 316 g/mol. The van der Waals surface area contributed by atoms with Crippen molar-refractivity contribution in [2.45, 2.75) is 79.8 Å². The zero-order valence-corrected chi connectivity index (χ0v) is 16.6. The number of rotatable bonds is 2. The van der Waals surface area contributed by atoms with Crippen LogP contribution in [0.5, 0.6) is 0 Å². The van der Waals surface area contributed by atoms with Gasteiger partial charge in [-0.1, -0.05) is 66.9 Å². The molecule has 0 amide bonds. The summed E-state index contributed by atoms with van der Waals surface area (Å²) in [5.74, 6) is -1.81. The number of aliphatic hydroxyl groups is 1. The Bertz CT molecular complexity index is 570. The van der Waals surface area contributed by atoms with Crippen molar-refractivity contribution >= 4 is 11.8 Å². The Hall–Kier alpha value is -1.16. The molecule has 0 aromatic rings. The monoisotopic (exact) mass is 350 g/mol. The zero-order chi connectivity index (χ0) is 19.2. The van der Waals surface area contributed by atoms with E-state index in [-0.39, 0.29) is 17.3 Å². The average Bonchev–Trinajstić information content (AvgIpc) is 2.47. The molecule has 0 aliphatic heterocycles. The first-order valence-corrected chi connectivity index (χ1v) is 9.53. The summed E-state index contributed by atoms with van der Waals surface area (Å²) in [5, 5.41) is 21.0. The topological polar surface area (TPSA) is 74.6 Å². The van der Waals surface area contributed by atoms with Crippen LogP contribution in [0.15, 0.2) is 11.6 Å². The van der Waals surface area contributed by atoms with Crippen molar-refractivity contribution in [2.75, 3.05) is 0 Å². The smallest absolute Gasteiger partial charge is 0.318 e. The Morgan fingerprint density at radius 1 is 1.08 bits per heavy atom. The van der Waals surface area contributed by atoms with Gasteiger partial charge in [0.25, 0.3) is 0 Å². The minimum absolute atomic E-state index is 0.179. The number of aliphatic hydroxyl groups excluding tert-OH is 1. The van der Waals surface area contributed by atoms with E-state index in [9.17, 15) is 19.8 Å². The van der Waals surface area contributed by atoms with Gasteiger partial charge in [0.2, 0.25) is 0 Å². The number of carboxylic acids is 1. The highest BCUT2D eigenvalue weighted by Crippen LogP contribution is 2.56. The lowest BCUT2D eigenvalue weighted by molar-refractivity contribution is -0.175. The molecule has 0 bridgehead atoms. The summed E-state index contributed by atoms with van der Waals surface area (Å²) in [4.78, 5) is 25.9. The van der Waals surface area contributed by atoms with Crippen molar-refractivity contribution < 1.29 is 19.8 Å². The summed E-state index contributed by atoms with van der Waals surface area (Å²) >= 11 is 0. The molecule has 1 saturated carbocycles. The molecule has 3 atom stereocenters. The number of allylic oxidation sites excluding steroid dienone is 1. The SMILES string of the molecule is CC(C)(C)C1=CC(C2CCCCC2)C(C(=O)O)(C(C)(C)C)C(=O)C1O. The van der Waals surface area contributed by atoms with E-state index >= 15 is 0 Å². The Balaban J connectivity index is 2.72. The zero-order valence-electron chi connectivity index (χ0n) is 16.6. The molecule has 0 heterocycles. The van der Waals surface area contributed by atoms with Crippen LogP contribution in [0.3, 0.4) is 0 Å². The first kappa shape index (κ1) is 20.2. The lowest BCUT2D eigenvalue weighted by Gasteiger charge is -2.52. The third-order valence-corrected chi connectivity index (χ3v) is 6.33. The number of ketones is 1. The second-order valence-corrected chi connectivity index (χ2v) is 9.93. The molecule has 25 heavy (non-hydrogen) atoms. The number of hydrogen-bond donors (Lipinski definition) is 2. The maximum atomic E-state index is 13.4. The van der Waals surface area contributed by atoms with Gasteiger partial charge in [0.15, 0.2) is 5.78 Å². The molecule has 142 valence electrons. The molecule has 4 nitrogen and oxygen atoms in total. The van der Waals surface area contributed by atoms with Gasteiger partial charge in [-0.3, -0.25) is 9.59 Å². The van der Waals surface area contributed by atoms with E-state index in [4.69, 9.17) is 0 Å². The van der Waals surface area contributed by atoms with Crippen molar-refractivity contribution in [1.82, 2.24) is 0 Å². The van der Waals surface area contributed by atoms with E-state index in [1.54, 1.807) is 0 Å². The molecule has 2 rings (SSSR count). The summed E-state index contributed by atoms with van der Waals surface area (Å²) in [6, 6.07) is 0. The Kier molecular flexibility index (Phi) is 5.27. The fourth-order valence-electron chi connectivity index (χ4n) is 5.01. The number of carboxylic acid groups (broad SMARTS) is 1. The Morgan fingerprint density at radius 3 is 2.00 bits per heavy atom. The number of Topliss-reactive ketones (excluding diaryl/α,β-unsaturated/α-hetero) is 1. The van der Waals surface area contributed by atoms with Gasteiger partial charge in [-0.15, -0.1) is 0 Å². The van der Waals surface area contributed by atoms with Gasteiger partial charge in [-0.2, -0.15) is 0 Å². The van der Waals surface area contributed by atoms with Crippen molar-refractivity contribution in [3.63, 3.8) is 0 Å². The predicted octanol–water partition coefficient (Wildman–Crippen LogP) is 4.22. The molecule has 3 unspecified atom stereocenters. The van der Waals surface area contributed by atoms with Crippen molar-refractivity contribution in [1.29, 1.82) is 0 Å². The summed E-state index contributed by atoms with van der Waals surface area (Å²) in [7, 11) is 0. The molecule has 0 aromatic heterocycles. The van der Waals surface area contributed by atoms with E-state index in [1.807, 2.05) is 47.6 Å². The van der Waals surface area contributed by atoms with Crippen molar-refractivity contribution in [2.24, 2.45) is 28.1 Å². The number of carbonyl (C=O) groups is 2. The van der Waals surface area contributed by atoms with Crippen LogP contribution in [-0.2, 0) is 9.59 Å². The molecular formula is C21H34O4. The second-order valence-electron chi connectivity index (χ2n) is 9.93. The number of hydrogen-bond acceptors (Lipinski definition) is 3. The highest BCUT2D eigenvalue weighted by atomic mass is 16.4. The second kappa shape index (κ2) is 6.53. The molecule has 0 spiro atoms. The van der Waals surface area contributed by atoms with Crippen LogP contribution >= 0.6 is 0 Å². The Labute approximate surface area is 151 Å². The van der Waals surface area contributed by atoms with E-state index in [0.717, 1.165) is 25.7 Å². The minimum Gasteiger partial charge on any atom is -0.480 e. The summed E-state index contributed by atoms with van der Waals surface area (Å²) < 4.78 is 0. The van der Waals surface area contributed by atoms with Crippen LogP contribution in [0, 0.1) is 28.1 Å². The maximum Gasteiger partial charge on any atom is 0.318 e. The van der Waals surface area contributed by atoms with Crippen molar-refractivity contribution in [3.05, 3.63) is 11.6 Å². The molecule has 2 N–H and O–H groups in total. The summed E-state index contributed by atoms with van der Waals surface area (Å²) in [5.41, 5.74) is -2.05. The summed E-state index contributed by atoms with van der Waals surface area (Å²) in [6.07, 6.45) is 5.86. The third kappa shape index (κ3) is 3.18. The van der Waals surface area contributed by atoms with E-state index in [2.05, 4.69) is 0 Å². The van der Waals surface area contributed by atoms with Crippen LogP contribution in [0.4, 0.5) is 0 Å². The van der Waals surface area contributed by atoms with E-state index in [1.165, 1.54) is 6.42 Å². The highest BCUT2D eigenvalue weighted by molar-refractivity contribution is 6.08. The number of aliphatic carboxylic acids is 1. The molecule has 0 saturated heterocycles. The van der Waals surface area contributed by atoms with Crippen LogP contribution in [-0.4, -0.2) is 28.1 Å². The van der Waals surface area contributed by atoms with Gasteiger partial charge in [0.1, 0.15) is 11.5 Å². The van der Waals surface area contributed by atoms with Crippen LogP contribution < -0.4 is 0 Å². The molecule has 1 fully saturated rings. The normalized spacial score (nSPS) is 32.4. The van der Waals surface area contributed by atoms with E-state index < -0.39 is 28.7 Å². The quantitative estimate of drug-likeness (QED) is 0.578. The average molecular weight is 350 g/mol. The fraction of sp³-hybridized carbons (Fsp3) is 0.810. The molecule has 2 aliphatic carbocycles. The number of carbonyl (C=O) groups excluding carboxylic acids is 1. The first-order valence-electron chi connectivity index (χ1n) is 9.53. The van der Waals surface area contributed by atoms with E-state index in [0.29, 0.717) is 5.57 Å². The van der Waals surface area contributed by atoms with Crippen LogP contribution in [0.2, 0.25) is 0 Å². The predicted molar refractivity (Wildman–Crippen MR) is 98.1 cm³/mol. The molecule has 2 aliphatic rings. The standard InChI is InChI=1S/C21H34O4/c1-19(2,3)15-12-14(13-10-8-7-9-11-13)21(18(24)25,20(4,5)6)17(23)16(15)22/h12-14,16,22H,7-11H2,1-6H3,(H,24,25). The first-order chi connectivity index (χ1) is 11.3. The molecule has 0 radical (unpaired) electrons. The van der Waals surface area contributed by atoms with Gasteiger partial charge >= 0.3 is 5.97 Å². The lowest BCUT2D eigenvalue weighted by atomic mass is 9.49. The van der Waals surface area contributed by atoms with Gasteiger partial charge in [0.05, 0.1) is 0 Å². The van der Waals surface area contributed by atoms with Crippen LogP contribution in [0.25, 0.3) is 0 Å². The minimum atomic E-state index is -1.58. The van der Waals surface area contributed by atoms with Gasteiger partial charge in [-0.25, -0.2) is 0 Å². The largest absolute Gasteiger partial charge is 0.480 e. The van der Waals surface area contributed by atoms with Gasteiger partial charge in [0, 0.05) is 5.92 Å². The third-order valence-electron chi connectivity index (χ3n) is 6.33. The lowest BCUT2D eigenvalue weighted by Crippen LogP contribution is -2.62. The maximum absolute atomic E-state index is 13.4. The van der Waals surface area contributed by atoms with Gasteiger partial charge in [-0.05, 0) is 35.2 Å².